The Morgan fingerprint density at radius 2 is 2.09 bits per heavy atom. The van der Waals surface area contributed by atoms with Crippen molar-refractivity contribution < 1.29 is 9.18 Å². The van der Waals surface area contributed by atoms with Gasteiger partial charge in [-0.3, -0.25) is 14.5 Å². The van der Waals surface area contributed by atoms with Gasteiger partial charge >= 0.3 is 0 Å². The second-order valence-electron chi connectivity index (χ2n) is 9.11. The number of H-pyrrole nitrogens is 1. The van der Waals surface area contributed by atoms with Gasteiger partial charge in [0.05, 0.1) is 5.69 Å². The molecule has 0 bridgehead atoms. The van der Waals surface area contributed by atoms with E-state index in [0.717, 1.165) is 80.8 Å². The van der Waals surface area contributed by atoms with Crippen molar-refractivity contribution in [3.05, 3.63) is 62.8 Å². The zero-order valence-corrected chi connectivity index (χ0v) is 18.3. The van der Waals surface area contributed by atoms with E-state index in [0.29, 0.717) is 17.4 Å². The zero-order valence-electron chi connectivity index (χ0n) is 18.3. The van der Waals surface area contributed by atoms with Crippen LogP contribution in [0.3, 0.4) is 0 Å². The van der Waals surface area contributed by atoms with E-state index in [4.69, 9.17) is 4.98 Å². The maximum absolute atomic E-state index is 14.5. The molecule has 1 atom stereocenters. The fourth-order valence-electron chi connectivity index (χ4n) is 4.85. The molecule has 0 spiro atoms. The summed E-state index contributed by atoms with van der Waals surface area (Å²) in [5.41, 5.74) is 4.31. The monoisotopic (exact) mass is 437 g/mol. The highest BCUT2D eigenvalue weighted by Crippen LogP contribution is 2.38. The number of aromatic nitrogens is 3. The number of carbonyl (C=O) groups is 1. The number of amides is 1. The van der Waals surface area contributed by atoms with Gasteiger partial charge in [-0.25, -0.2) is 9.97 Å². The van der Waals surface area contributed by atoms with Crippen molar-refractivity contribution in [2.75, 3.05) is 26.7 Å². The highest BCUT2D eigenvalue weighted by Gasteiger charge is 2.31. The Morgan fingerprint density at radius 3 is 2.78 bits per heavy atom. The lowest BCUT2D eigenvalue weighted by Gasteiger charge is -2.32. The van der Waals surface area contributed by atoms with E-state index in [2.05, 4.69) is 26.3 Å². The predicted octanol–water partition coefficient (Wildman–Crippen LogP) is 2.44. The molecule has 168 valence electrons. The maximum atomic E-state index is 14.5. The van der Waals surface area contributed by atoms with Gasteiger partial charge in [-0.1, -0.05) is 6.08 Å². The zero-order chi connectivity index (χ0) is 22.2. The fourth-order valence-corrected chi connectivity index (χ4v) is 4.85. The van der Waals surface area contributed by atoms with Gasteiger partial charge in [0.1, 0.15) is 11.4 Å². The minimum absolute atomic E-state index is 0.00415. The van der Waals surface area contributed by atoms with Crippen LogP contribution in [0.4, 0.5) is 4.39 Å². The molecule has 0 unspecified atom stereocenters. The van der Waals surface area contributed by atoms with E-state index in [-0.39, 0.29) is 11.3 Å². The molecule has 8 heteroatoms. The van der Waals surface area contributed by atoms with Gasteiger partial charge < -0.3 is 10.3 Å². The molecule has 1 fully saturated rings. The molecule has 5 rings (SSSR count). The molecule has 0 saturated heterocycles. The van der Waals surface area contributed by atoms with Crippen molar-refractivity contribution in [3.8, 4) is 0 Å². The number of rotatable bonds is 5. The molecular weight excluding hydrogens is 409 g/mol. The van der Waals surface area contributed by atoms with Gasteiger partial charge in [0.15, 0.2) is 0 Å². The number of aryl methyl sites for hydroxylation is 1. The van der Waals surface area contributed by atoms with Gasteiger partial charge in [0.25, 0.3) is 11.5 Å². The molecule has 1 saturated carbocycles. The molecule has 2 aromatic rings. The Morgan fingerprint density at radius 1 is 1.25 bits per heavy atom. The molecular formula is C24H28FN5O2. The van der Waals surface area contributed by atoms with Crippen molar-refractivity contribution in [1.29, 1.82) is 0 Å². The Kier molecular flexibility index (Phi) is 5.63. The van der Waals surface area contributed by atoms with Crippen LogP contribution in [0.2, 0.25) is 0 Å². The first-order valence-corrected chi connectivity index (χ1v) is 11.4. The SMILES string of the molecule is CNC(=O)c1ccc(C2=CCN(C[C@H]3CCc4nc(C5CC5)c(=O)[nH]c4C3)CC2)c(F)n1. The van der Waals surface area contributed by atoms with Crippen LogP contribution >= 0.6 is 0 Å². The Balaban J connectivity index is 1.21. The van der Waals surface area contributed by atoms with E-state index in [9.17, 15) is 14.0 Å². The summed E-state index contributed by atoms with van der Waals surface area (Å²) >= 11 is 0. The van der Waals surface area contributed by atoms with Gasteiger partial charge in [-0.2, -0.15) is 4.39 Å². The molecule has 7 nitrogen and oxygen atoms in total. The molecule has 0 radical (unpaired) electrons. The van der Waals surface area contributed by atoms with Gasteiger partial charge in [0.2, 0.25) is 5.95 Å². The lowest BCUT2D eigenvalue weighted by Crippen LogP contribution is -2.36. The Hall–Kier alpha value is -2.87. The molecule has 3 aliphatic rings. The van der Waals surface area contributed by atoms with E-state index in [1.165, 1.54) is 7.05 Å². The van der Waals surface area contributed by atoms with E-state index < -0.39 is 11.9 Å². The predicted molar refractivity (Wildman–Crippen MR) is 119 cm³/mol. The standard InChI is InChI=1S/C24H28FN5O2/c1-26-23(31)19-7-5-17(22(25)28-19)15-8-10-30(11-9-15)13-14-2-6-18-20(12-14)29-24(32)21(27-18)16-3-4-16/h5,7-8,14,16H,2-4,6,9-13H2,1H3,(H,26,31)(H,29,32)/t14-/m0/s1. The van der Waals surface area contributed by atoms with E-state index >= 15 is 0 Å². The van der Waals surface area contributed by atoms with Crippen molar-refractivity contribution in [2.24, 2.45) is 5.92 Å². The minimum atomic E-state index is -0.600. The summed E-state index contributed by atoms with van der Waals surface area (Å²) < 4.78 is 14.5. The third kappa shape index (κ3) is 4.24. The lowest BCUT2D eigenvalue weighted by atomic mass is 9.88. The fraction of sp³-hybridized carbons (Fsp3) is 0.500. The summed E-state index contributed by atoms with van der Waals surface area (Å²) in [6.07, 6.45) is 7.81. The Bertz CT molecular complexity index is 1140. The van der Waals surface area contributed by atoms with Crippen molar-refractivity contribution in [1.82, 2.24) is 25.2 Å². The minimum Gasteiger partial charge on any atom is -0.354 e. The average molecular weight is 438 g/mol. The normalized spacial score (nSPS) is 21.1. The highest BCUT2D eigenvalue weighted by atomic mass is 19.1. The highest BCUT2D eigenvalue weighted by molar-refractivity contribution is 5.92. The van der Waals surface area contributed by atoms with Crippen molar-refractivity contribution in [3.63, 3.8) is 0 Å². The second kappa shape index (κ2) is 8.58. The number of aromatic amines is 1. The van der Waals surface area contributed by atoms with Gasteiger partial charge in [-0.05, 0) is 62.1 Å². The van der Waals surface area contributed by atoms with E-state index in [1.807, 2.05) is 0 Å². The molecule has 0 aromatic carbocycles. The maximum Gasteiger partial charge on any atom is 0.270 e. The van der Waals surface area contributed by atoms with E-state index in [1.54, 1.807) is 12.1 Å². The summed E-state index contributed by atoms with van der Waals surface area (Å²) in [6, 6.07) is 3.21. The summed E-state index contributed by atoms with van der Waals surface area (Å²) in [5, 5.41) is 2.46. The summed E-state index contributed by atoms with van der Waals surface area (Å²) in [4.78, 5) is 38.0. The van der Waals surface area contributed by atoms with Crippen molar-refractivity contribution >= 4 is 11.5 Å². The second-order valence-corrected chi connectivity index (χ2v) is 9.11. The molecule has 32 heavy (non-hydrogen) atoms. The first-order valence-electron chi connectivity index (χ1n) is 11.4. The first kappa shape index (κ1) is 21.0. The summed E-state index contributed by atoms with van der Waals surface area (Å²) in [7, 11) is 1.50. The third-order valence-electron chi connectivity index (χ3n) is 6.81. The van der Waals surface area contributed by atoms with Crippen LogP contribution in [0.25, 0.3) is 5.57 Å². The summed E-state index contributed by atoms with van der Waals surface area (Å²) in [6.45, 7) is 2.55. The quantitative estimate of drug-likeness (QED) is 0.701. The van der Waals surface area contributed by atoms with Crippen LogP contribution < -0.4 is 10.9 Å². The molecule has 1 amide bonds. The molecule has 2 aliphatic carbocycles. The van der Waals surface area contributed by atoms with Crippen LogP contribution in [-0.4, -0.2) is 52.4 Å². The molecule has 1 aliphatic heterocycles. The van der Waals surface area contributed by atoms with Gasteiger partial charge in [-0.15, -0.1) is 0 Å². The van der Waals surface area contributed by atoms with Crippen LogP contribution in [-0.2, 0) is 12.8 Å². The van der Waals surface area contributed by atoms with Gasteiger partial charge in [0, 0.05) is 43.9 Å². The molecule has 2 N–H and O–H groups in total. The number of nitrogens with zero attached hydrogens (tertiary/aromatic N) is 3. The van der Waals surface area contributed by atoms with Crippen molar-refractivity contribution in [2.45, 2.75) is 44.4 Å². The number of hydrogen-bond donors (Lipinski definition) is 2. The number of halogens is 1. The number of pyridine rings is 1. The Labute approximate surface area is 186 Å². The average Bonchev–Trinajstić information content (AvgIpc) is 3.64. The largest absolute Gasteiger partial charge is 0.354 e. The van der Waals surface area contributed by atoms with Crippen LogP contribution in [0.5, 0.6) is 0 Å². The first-order chi connectivity index (χ1) is 15.5. The summed E-state index contributed by atoms with van der Waals surface area (Å²) in [5.74, 6) is -0.145. The van der Waals surface area contributed by atoms with Crippen LogP contribution in [0.15, 0.2) is 23.0 Å². The lowest BCUT2D eigenvalue weighted by molar-refractivity contribution is 0.0957. The topological polar surface area (TPSA) is 91.0 Å². The number of fused-ring (bicyclic) bond motifs is 1. The number of carbonyl (C=O) groups excluding carboxylic acids is 1. The number of nitrogens with one attached hydrogen (secondary N) is 2. The smallest absolute Gasteiger partial charge is 0.270 e. The molecule has 2 aromatic heterocycles. The number of hydrogen-bond acceptors (Lipinski definition) is 5. The third-order valence-corrected chi connectivity index (χ3v) is 6.81. The molecule has 3 heterocycles. The van der Waals surface area contributed by atoms with Crippen LogP contribution in [0, 0.1) is 11.9 Å². The van der Waals surface area contributed by atoms with Crippen LogP contribution in [0.1, 0.15) is 64.7 Å².